The summed E-state index contributed by atoms with van der Waals surface area (Å²) in [6.07, 6.45) is 1.43. The van der Waals surface area contributed by atoms with Gasteiger partial charge in [-0.05, 0) is 12.1 Å². The molecule has 0 aliphatic heterocycles. The van der Waals surface area contributed by atoms with E-state index in [4.69, 9.17) is 14.3 Å². The van der Waals surface area contributed by atoms with E-state index in [0.717, 1.165) is 15.5 Å². The van der Waals surface area contributed by atoms with Gasteiger partial charge in [-0.15, -0.1) is 11.3 Å². The SMILES string of the molecule is COc1cc2sc(C(=O)CCC(=O)O)cc2c2ccoc12. The van der Waals surface area contributed by atoms with Crippen LogP contribution in [0.5, 0.6) is 5.75 Å². The molecule has 1 N–H and O–H groups in total. The number of methoxy groups -OCH3 is 1. The van der Waals surface area contributed by atoms with Gasteiger partial charge in [-0.25, -0.2) is 0 Å². The van der Waals surface area contributed by atoms with Crippen LogP contribution in [0.1, 0.15) is 22.5 Å². The molecule has 0 fully saturated rings. The van der Waals surface area contributed by atoms with Crippen molar-refractivity contribution in [2.24, 2.45) is 0 Å². The van der Waals surface area contributed by atoms with E-state index in [1.807, 2.05) is 12.1 Å². The molecule has 0 radical (unpaired) electrons. The van der Waals surface area contributed by atoms with Crippen LogP contribution in [-0.2, 0) is 4.79 Å². The molecule has 2 heterocycles. The van der Waals surface area contributed by atoms with E-state index in [9.17, 15) is 9.59 Å². The van der Waals surface area contributed by atoms with Gasteiger partial charge in [0, 0.05) is 28.0 Å². The van der Waals surface area contributed by atoms with Crippen LogP contribution in [-0.4, -0.2) is 24.0 Å². The van der Waals surface area contributed by atoms with Crippen molar-refractivity contribution >= 4 is 44.1 Å². The van der Waals surface area contributed by atoms with Gasteiger partial charge in [0.25, 0.3) is 0 Å². The molecule has 1 aromatic carbocycles. The highest BCUT2D eigenvalue weighted by molar-refractivity contribution is 7.21. The Bertz CT molecular complexity index is 842. The van der Waals surface area contributed by atoms with Gasteiger partial charge in [-0.2, -0.15) is 0 Å². The molecule has 0 aliphatic carbocycles. The summed E-state index contributed by atoms with van der Waals surface area (Å²) in [5.74, 6) is -0.508. The Morgan fingerprint density at radius 1 is 1.29 bits per heavy atom. The maximum atomic E-state index is 12.0. The van der Waals surface area contributed by atoms with Crippen molar-refractivity contribution in [2.75, 3.05) is 7.11 Å². The third kappa shape index (κ3) is 2.38. The van der Waals surface area contributed by atoms with Crippen molar-refractivity contribution in [1.29, 1.82) is 0 Å². The van der Waals surface area contributed by atoms with E-state index in [0.29, 0.717) is 16.2 Å². The van der Waals surface area contributed by atoms with Crippen LogP contribution in [0.3, 0.4) is 0 Å². The first-order valence-corrected chi connectivity index (χ1v) is 7.14. The zero-order valence-electron chi connectivity index (χ0n) is 11.2. The Hall–Kier alpha value is -2.34. The Balaban J connectivity index is 2.07. The molecule has 108 valence electrons. The fraction of sp³-hybridized carbons (Fsp3) is 0.200. The number of hydrogen-bond acceptors (Lipinski definition) is 5. The summed E-state index contributed by atoms with van der Waals surface area (Å²) in [6.45, 7) is 0. The van der Waals surface area contributed by atoms with E-state index in [-0.39, 0.29) is 18.6 Å². The quantitative estimate of drug-likeness (QED) is 0.727. The molecule has 3 aromatic rings. The molecule has 0 atom stereocenters. The number of carboxylic acid groups (broad SMARTS) is 1. The molecule has 5 nitrogen and oxygen atoms in total. The highest BCUT2D eigenvalue weighted by Crippen LogP contribution is 2.38. The van der Waals surface area contributed by atoms with Crippen LogP contribution >= 0.6 is 11.3 Å². The lowest BCUT2D eigenvalue weighted by Gasteiger charge is -2.00. The number of thiophene rings is 1. The van der Waals surface area contributed by atoms with Crippen LogP contribution < -0.4 is 4.74 Å². The van der Waals surface area contributed by atoms with Crippen molar-refractivity contribution in [2.45, 2.75) is 12.8 Å². The molecule has 0 saturated carbocycles. The van der Waals surface area contributed by atoms with Crippen LogP contribution in [0, 0.1) is 0 Å². The first kappa shape index (κ1) is 13.6. The van der Waals surface area contributed by atoms with E-state index < -0.39 is 5.97 Å². The lowest BCUT2D eigenvalue weighted by Crippen LogP contribution is -2.01. The number of carbonyl (C=O) groups is 2. The molecule has 0 spiro atoms. The number of aliphatic carboxylic acids is 1. The van der Waals surface area contributed by atoms with Gasteiger partial charge in [-0.1, -0.05) is 0 Å². The maximum absolute atomic E-state index is 12.0. The van der Waals surface area contributed by atoms with E-state index in [2.05, 4.69) is 0 Å². The second-order valence-corrected chi connectivity index (χ2v) is 5.67. The number of ether oxygens (including phenoxy) is 1. The minimum atomic E-state index is -0.969. The lowest BCUT2D eigenvalue weighted by atomic mass is 10.1. The minimum absolute atomic E-state index is 0.00776. The van der Waals surface area contributed by atoms with Crippen molar-refractivity contribution in [3.8, 4) is 5.75 Å². The Labute approximate surface area is 123 Å². The first-order chi connectivity index (χ1) is 10.1. The summed E-state index contributed by atoms with van der Waals surface area (Å²) >= 11 is 1.34. The molecular weight excluding hydrogens is 292 g/mol. The monoisotopic (exact) mass is 304 g/mol. The minimum Gasteiger partial charge on any atom is -0.493 e. The van der Waals surface area contributed by atoms with Crippen LogP contribution in [0.15, 0.2) is 28.9 Å². The van der Waals surface area contributed by atoms with Gasteiger partial charge in [0.2, 0.25) is 0 Å². The van der Waals surface area contributed by atoms with Gasteiger partial charge in [0.1, 0.15) is 0 Å². The van der Waals surface area contributed by atoms with Gasteiger partial charge in [0.05, 0.1) is 24.7 Å². The molecule has 21 heavy (non-hydrogen) atoms. The highest BCUT2D eigenvalue weighted by Gasteiger charge is 2.16. The van der Waals surface area contributed by atoms with E-state index >= 15 is 0 Å². The molecule has 0 saturated heterocycles. The Morgan fingerprint density at radius 3 is 2.81 bits per heavy atom. The largest absolute Gasteiger partial charge is 0.493 e. The van der Waals surface area contributed by atoms with Crippen LogP contribution in [0.25, 0.3) is 21.1 Å². The van der Waals surface area contributed by atoms with Crippen molar-refractivity contribution in [1.82, 2.24) is 0 Å². The number of carboxylic acids is 1. The van der Waals surface area contributed by atoms with Gasteiger partial charge >= 0.3 is 5.97 Å². The fourth-order valence-corrected chi connectivity index (χ4v) is 3.33. The Kier molecular flexibility index (Phi) is 3.39. The average Bonchev–Trinajstić information content (AvgIpc) is 3.09. The second kappa shape index (κ2) is 5.21. The molecule has 0 aliphatic rings. The predicted molar refractivity (Wildman–Crippen MR) is 79.3 cm³/mol. The summed E-state index contributed by atoms with van der Waals surface area (Å²) in [5.41, 5.74) is 0.646. The number of carbonyl (C=O) groups excluding carboxylic acids is 1. The third-order valence-electron chi connectivity index (χ3n) is 3.26. The first-order valence-electron chi connectivity index (χ1n) is 6.33. The van der Waals surface area contributed by atoms with E-state index in [1.54, 1.807) is 19.4 Å². The summed E-state index contributed by atoms with van der Waals surface area (Å²) in [5, 5.41) is 10.5. The average molecular weight is 304 g/mol. The molecule has 3 rings (SSSR count). The summed E-state index contributed by atoms with van der Waals surface area (Å²) in [7, 11) is 1.57. The highest BCUT2D eigenvalue weighted by atomic mass is 32.1. The number of furan rings is 1. The standard InChI is InChI=1S/C15H12O5S/c1-19-11-7-12-9(8-4-5-20-15(8)11)6-13(21-12)10(16)2-3-14(17)18/h4-7H,2-3H2,1H3,(H,17,18). The molecule has 6 heteroatoms. The van der Waals surface area contributed by atoms with Gasteiger partial charge in [0.15, 0.2) is 17.1 Å². The number of Topliss-reactive ketones (excluding diaryl/α,β-unsaturated/α-hetero) is 1. The predicted octanol–water partition coefficient (Wildman–Crippen LogP) is 3.70. The summed E-state index contributed by atoms with van der Waals surface area (Å²) in [4.78, 5) is 23.2. The third-order valence-corrected chi connectivity index (χ3v) is 4.39. The number of benzene rings is 1. The van der Waals surface area contributed by atoms with Crippen molar-refractivity contribution < 1.29 is 23.8 Å². The Morgan fingerprint density at radius 2 is 2.10 bits per heavy atom. The number of rotatable bonds is 5. The fourth-order valence-electron chi connectivity index (χ4n) is 2.25. The zero-order valence-corrected chi connectivity index (χ0v) is 12.0. The smallest absolute Gasteiger partial charge is 0.303 e. The van der Waals surface area contributed by atoms with Gasteiger partial charge < -0.3 is 14.3 Å². The molecule has 0 amide bonds. The number of ketones is 1. The molecule has 2 aromatic heterocycles. The van der Waals surface area contributed by atoms with E-state index in [1.165, 1.54) is 11.3 Å². The molecule has 0 bridgehead atoms. The van der Waals surface area contributed by atoms with Gasteiger partial charge in [-0.3, -0.25) is 9.59 Å². The zero-order chi connectivity index (χ0) is 15.0. The number of fused-ring (bicyclic) bond motifs is 3. The van der Waals surface area contributed by atoms with Crippen LogP contribution in [0.4, 0.5) is 0 Å². The van der Waals surface area contributed by atoms with Crippen LogP contribution in [0.2, 0.25) is 0 Å². The normalized spacial score (nSPS) is 11.1. The topological polar surface area (TPSA) is 76.7 Å². The summed E-state index contributed by atoms with van der Waals surface area (Å²) < 4.78 is 11.6. The molecule has 0 unspecified atom stereocenters. The summed E-state index contributed by atoms with van der Waals surface area (Å²) in [6, 6.07) is 5.46. The van der Waals surface area contributed by atoms with Crippen molar-refractivity contribution in [3.05, 3.63) is 29.3 Å². The number of hydrogen-bond donors (Lipinski definition) is 1. The van der Waals surface area contributed by atoms with Crippen molar-refractivity contribution in [3.63, 3.8) is 0 Å². The molecular formula is C15H12O5S. The maximum Gasteiger partial charge on any atom is 0.303 e. The second-order valence-electron chi connectivity index (χ2n) is 4.58. The lowest BCUT2D eigenvalue weighted by molar-refractivity contribution is -0.136.